The Kier molecular flexibility index (Phi) is 6.00. The Bertz CT molecular complexity index is 822. The fraction of sp³-hybridized carbons (Fsp3) is 0.316. The maximum atomic E-state index is 12.3. The predicted octanol–water partition coefficient (Wildman–Crippen LogP) is 4.25. The molecule has 1 aliphatic rings. The van der Waals surface area contributed by atoms with Gasteiger partial charge in [-0.05, 0) is 48.9 Å². The van der Waals surface area contributed by atoms with Crippen molar-refractivity contribution in [1.82, 2.24) is 5.01 Å². The van der Waals surface area contributed by atoms with Gasteiger partial charge in [-0.3, -0.25) is 4.79 Å². The largest absolute Gasteiger partial charge is 0.573 e. The highest BCUT2D eigenvalue weighted by Gasteiger charge is 2.31. The van der Waals surface area contributed by atoms with Crippen LogP contribution in [0.1, 0.15) is 5.56 Å². The lowest BCUT2D eigenvalue weighted by molar-refractivity contribution is -0.274. The van der Waals surface area contributed by atoms with Crippen LogP contribution < -0.4 is 14.6 Å². The van der Waals surface area contributed by atoms with E-state index in [1.807, 2.05) is 30.1 Å². The van der Waals surface area contributed by atoms with Crippen molar-refractivity contribution in [2.45, 2.75) is 13.3 Å². The summed E-state index contributed by atoms with van der Waals surface area (Å²) in [6, 6.07) is 10.9. The smallest absolute Gasteiger partial charge is 0.406 e. The molecule has 0 unspecified atom stereocenters. The Hall–Kier alpha value is -2.45. The number of halogens is 4. The molecule has 1 heterocycles. The van der Waals surface area contributed by atoms with Gasteiger partial charge in [0.2, 0.25) is 6.41 Å². The van der Waals surface area contributed by atoms with Gasteiger partial charge in [-0.2, -0.15) is 0 Å². The Morgan fingerprint density at radius 2 is 1.71 bits per heavy atom. The maximum absolute atomic E-state index is 12.3. The van der Waals surface area contributed by atoms with Crippen molar-refractivity contribution in [3.8, 4) is 5.75 Å². The topological polar surface area (TPSA) is 36.0 Å². The van der Waals surface area contributed by atoms with E-state index in [4.69, 9.17) is 11.6 Å². The molecule has 3 rings (SSSR count). The first-order valence-electron chi connectivity index (χ1n) is 8.63. The van der Waals surface area contributed by atoms with E-state index in [9.17, 15) is 18.0 Å². The van der Waals surface area contributed by atoms with Gasteiger partial charge in [0.25, 0.3) is 0 Å². The molecule has 0 aliphatic carbocycles. The molecule has 0 saturated carbocycles. The van der Waals surface area contributed by atoms with Gasteiger partial charge in [0.15, 0.2) is 0 Å². The van der Waals surface area contributed by atoms with E-state index in [-0.39, 0.29) is 5.75 Å². The molecule has 0 spiro atoms. The standard InChI is InChI=1S/C19H19ClF3N3O2/c1-14-2-3-15(20)12-18(14)24-8-10-25(11-9-24)26(13-27)16-4-6-17(7-5-16)28-19(21,22)23/h2-7,12-13H,8-11H2,1H3. The van der Waals surface area contributed by atoms with Crippen molar-refractivity contribution >= 4 is 29.4 Å². The van der Waals surface area contributed by atoms with Gasteiger partial charge in [0.05, 0.1) is 5.69 Å². The summed E-state index contributed by atoms with van der Waals surface area (Å²) in [5.41, 5.74) is 2.64. The Labute approximate surface area is 165 Å². The highest BCUT2D eigenvalue weighted by molar-refractivity contribution is 6.30. The molecule has 1 saturated heterocycles. The molecule has 9 heteroatoms. The first kappa shape index (κ1) is 20.3. The van der Waals surface area contributed by atoms with Crippen LogP contribution in [0.15, 0.2) is 42.5 Å². The number of anilines is 2. The molecule has 0 bridgehead atoms. The number of carbonyl (C=O) groups excluding carboxylic acids is 1. The zero-order valence-electron chi connectivity index (χ0n) is 15.1. The highest BCUT2D eigenvalue weighted by atomic mass is 35.5. The van der Waals surface area contributed by atoms with Crippen molar-refractivity contribution in [2.24, 2.45) is 0 Å². The average molecular weight is 414 g/mol. The summed E-state index contributed by atoms with van der Waals surface area (Å²) in [6.07, 6.45) is -4.10. The molecule has 0 aromatic heterocycles. The van der Waals surface area contributed by atoms with Crippen molar-refractivity contribution in [3.05, 3.63) is 53.1 Å². The van der Waals surface area contributed by atoms with Crippen molar-refractivity contribution in [2.75, 3.05) is 36.1 Å². The van der Waals surface area contributed by atoms with Gasteiger partial charge >= 0.3 is 6.36 Å². The molecule has 150 valence electrons. The molecule has 0 radical (unpaired) electrons. The second-order valence-corrected chi connectivity index (χ2v) is 6.80. The second-order valence-electron chi connectivity index (χ2n) is 6.36. The lowest BCUT2D eigenvalue weighted by Gasteiger charge is -2.40. The molecule has 1 amide bonds. The molecular weight excluding hydrogens is 395 g/mol. The third-order valence-electron chi connectivity index (χ3n) is 4.51. The maximum Gasteiger partial charge on any atom is 0.573 e. The van der Waals surface area contributed by atoms with Gasteiger partial charge < -0.3 is 9.64 Å². The average Bonchev–Trinajstić information content (AvgIpc) is 2.65. The van der Waals surface area contributed by atoms with E-state index in [1.165, 1.54) is 29.3 Å². The molecule has 1 fully saturated rings. The third kappa shape index (κ3) is 4.88. The summed E-state index contributed by atoms with van der Waals surface area (Å²) in [4.78, 5) is 13.8. The predicted molar refractivity (Wildman–Crippen MR) is 102 cm³/mol. The van der Waals surface area contributed by atoms with Crippen molar-refractivity contribution < 1.29 is 22.7 Å². The molecule has 5 nitrogen and oxygen atoms in total. The van der Waals surface area contributed by atoms with Gasteiger partial charge in [-0.15, -0.1) is 13.2 Å². The Morgan fingerprint density at radius 3 is 2.29 bits per heavy atom. The van der Waals surface area contributed by atoms with E-state index < -0.39 is 6.36 Å². The van der Waals surface area contributed by atoms with Gasteiger partial charge in [0.1, 0.15) is 5.75 Å². The summed E-state index contributed by atoms with van der Waals surface area (Å²) in [5.74, 6) is -0.330. The molecule has 0 N–H and O–H groups in total. The number of hydrogen-bond acceptors (Lipinski definition) is 4. The van der Waals surface area contributed by atoms with Gasteiger partial charge in [0, 0.05) is 36.9 Å². The van der Waals surface area contributed by atoms with Crippen molar-refractivity contribution in [1.29, 1.82) is 0 Å². The van der Waals surface area contributed by atoms with Crippen LogP contribution in [-0.2, 0) is 4.79 Å². The zero-order chi connectivity index (χ0) is 20.3. The summed E-state index contributed by atoms with van der Waals surface area (Å²) >= 11 is 6.10. The molecule has 28 heavy (non-hydrogen) atoms. The number of alkyl halides is 3. The lowest BCUT2D eigenvalue weighted by Crippen LogP contribution is -2.53. The molecule has 1 aliphatic heterocycles. The zero-order valence-corrected chi connectivity index (χ0v) is 15.9. The van der Waals surface area contributed by atoms with Crippen LogP contribution in [0.5, 0.6) is 5.75 Å². The van der Waals surface area contributed by atoms with Gasteiger partial charge in [-0.25, -0.2) is 10.0 Å². The number of piperazine rings is 1. The fourth-order valence-electron chi connectivity index (χ4n) is 3.17. The number of rotatable bonds is 5. The van der Waals surface area contributed by atoms with E-state index >= 15 is 0 Å². The first-order chi connectivity index (χ1) is 13.3. The Morgan fingerprint density at radius 1 is 1.07 bits per heavy atom. The molecule has 2 aromatic rings. The van der Waals surface area contributed by atoms with Crippen LogP contribution in [0, 0.1) is 6.92 Å². The number of ether oxygens (including phenoxy) is 1. The number of amides is 1. The van der Waals surface area contributed by atoms with Crippen LogP contribution in [-0.4, -0.2) is 44.0 Å². The lowest BCUT2D eigenvalue weighted by atomic mass is 10.1. The van der Waals surface area contributed by atoms with E-state index in [2.05, 4.69) is 9.64 Å². The summed E-state index contributed by atoms with van der Waals surface area (Å²) in [6.45, 7) is 4.53. The van der Waals surface area contributed by atoms with Crippen LogP contribution in [0.3, 0.4) is 0 Å². The quantitative estimate of drug-likeness (QED) is 0.687. The van der Waals surface area contributed by atoms with Crippen LogP contribution in [0.4, 0.5) is 24.5 Å². The third-order valence-corrected chi connectivity index (χ3v) is 4.74. The SMILES string of the molecule is Cc1ccc(Cl)cc1N1CCN(N(C=O)c2ccc(OC(F)(F)F)cc2)CC1. The highest BCUT2D eigenvalue weighted by Crippen LogP contribution is 2.28. The van der Waals surface area contributed by atoms with Crippen LogP contribution >= 0.6 is 11.6 Å². The van der Waals surface area contributed by atoms with E-state index in [1.54, 1.807) is 0 Å². The number of hydrogen-bond donors (Lipinski definition) is 0. The molecular formula is C19H19ClF3N3O2. The number of aryl methyl sites for hydroxylation is 1. The first-order valence-corrected chi connectivity index (χ1v) is 9.01. The van der Waals surface area contributed by atoms with E-state index in [0.717, 1.165) is 11.3 Å². The summed E-state index contributed by atoms with van der Waals surface area (Å²) < 4.78 is 40.7. The van der Waals surface area contributed by atoms with Crippen molar-refractivity contribution in [3.63, 3.8) is 0 Å². The molecule has 2 aromatic carbocycles. The molecule has 0 atom stereocenters. The minimum absolute atomic E-state index is 0.330. The van der Waals surface area contributed by atoms with Crippen LogP contribution in [0.25, 0.3) is 0 Å². The minimum atomic E-state index is -4.75. The van der Waals surface area contributed by atoms with Crippen LogP contribution in [0.2, 0.25) is 5.02 Å². The number of hydrazine groups is 1. The van der Waals surface area contributed by atoms with Gasteiger partial charge in [-0.1, -0.05) is 17.7 Å². The number of nitrogens with zero attached hydrogens (tertiary/aromatic N) is 3. The fourth-order valence-corrected chi connectivity index (χ4v) is 3.33. The minimum Gasteiger partial charge on any atom is -0.406 e. The number of benzene rings is 2. The Balaban J connectivity index is 1.66. The summed E-state index contributed by atoms with van der Waals surface area (Å²) in [7, 11) is 0. The monoisotopic (exact) mass is 413 g/mol. The number of carbonyl (C=O) groups is 1. The van der Waals surface area contributed by atoms with E-state index in [0.29, 0.717) is 43.3 Å². The second kappa shape index (κ2) is 8.28. The summed E-state index contributed by atoms with van der Waals surface area (Å²) in [5, 5.41) is 3.92. The normalized spacial score (nSPS) is 15.4.